The molecule has 1 spiro atoms. The van der Waals surface area contributed by atoms with E-state index in [0.717, 1.165) is 17.3 Å². The molecule has 3 aliphatic rings. The van der Waals surface area contributed by atoms with Crippen LogP contribution < -0.4 is 4.74 Å². The Kier molecular flexibility index (Phi) is 2.70. The van der Waals surface area contributed by atoms with Crippen LogP contribution in [0.2, 0.25) is 5.02 Å². The monoisotopic (exact) mass is 312 g/mol. The number of rotatable bonds is 3. The maximum Gasteiger partial charge on any atom is 0.140 e. The Labute approximate surface area is 129 Å². The van der Waals surface area contributed by atoms with E-state index in [-0.39, 0.29) is 16.1 Å². The van der Waals surface area contributed by atoms with Gasteiger partial charge in [-0.3, -0.25) is 0 Å². The van der Waals surface area contributed by atoms with Crippen LogP contribution in [0.3, 0.4) is 0 Å². The Morgan fingerprint density at radius 3 is 2.60 bits per heavy atom. The van der Waals surface area contributed by atoms with Gasteiger partial charge in [-0.2, -0.15) is 0 Å². The zero-order valence-electron chi connectivity index (χ0n) is 11.5. The van der Waals surface area contributed by atoms with Crippen molar-refractivity contribution in [2.75, 3.05) is 6.61 Å². The highest BCUT2D eigenvalue weighted by Crippen LogP contribution is 2.81. The maximum atomic E-state index is 13.5. The molecule has 1 aromatic rings. The summed E-state index contributed by atoms with van der Waals surface area (Å²) in [5.41, 5.74) is 0.974. The van der Waals surface area contributed by atoms with Crippen molar-refractivity contribution in [3.05, 3.63) is 23.0 Å². The van der Waals surface area contributed by atoms with E-state index in [4.69, 9.17) is 16.3 Å². The van der Waals surface area contributed by atoms with Crippen LogP contribution in [0.5, 0.6) is 5.75 Å². The standard InChI is InChI=1S/C16H18ClFOS/c1-15(4-9-6-16(9)7-10(16)5-15)8-19-13-3-12(18)14(20)2-11(13)17/h2-3,9-10,20H,4-8H2,1H3/t9-,10+,15?,16?. The zero-order valence-corrected chi connectivity index (χ0v) is 13.1. The van der Waals surface area contributed by atoms with Crippen molar-refractivity contribution in [2.24, 2.45) is 22.7 Å². The Hall–Kier alpha value is -0.410. The third-order valence-electron chi connectivity index (χ3n) is 5.61. The molecule has 2 unspecified atom stereocenters. The highest BCUT2D eigenvalue weighted by atomic mass is 35.5. The first-order valence-electron chi connectivity index (χ1n) is 7.23. The molecule has 20 heavy (non-hydrogen) atoms. The summed E-state index contributed by atoms with van der Waals surface area (Å²) in [7, 11) is 0. The summed E-state index contributed by atoms with van der Waals surface area (Å²) in [5, 5.41) is 0.433. The van der Waals surface area contributed by atoms with Crippen molar-refractivity contribution in [3.8, 4) is 5.75 Å². The van der Waals surface area contributed by atoms with Gasteiger partial charge >= 0.3 is 0 Å². The quantitative estimate of drug-likeness (QED) is 0.775. The molecule has 3 fully saturated rings. The van der Waals surface area contributed by atoms with Gasteiger partial charge in [-0.15, -0.1) is 12.6 Å². The molecule has 0 aromatic heterocycles. The van der Waals surface area contributed by atoms with Gasteiger partial charge in [-0.05, 0) is 49.0 Å². The Morgan fingerprint density at radius 1 is 1.30 bits per heavy atom. The Morgan fingerprint density at radius 2 is 1.95 bits per heavy atom. The van der Waals surface area contributed by atoms with Crippen molar-refractivity contribution in [3.63, 3.8) is 0 Å². The smallest absolute Gasteiger partial charge is 0.140 e. The van der Waals surface area contributed by atoms with Crippen molar-refractivity contribution < 1.29 is 9.13 Å². The molecule has 108 valence electrons. The van der Waals surface area contributed by atoms with E-state index in [1.54, 1.807) is 0 Å². The molecule has 0 amide bonds. The molecular weight excluding hydrogens is 295 g/mol. The van der Waals surface area contributed by atoms with E-state index in [0.29, 0.717) is 17.4 Å². The molecule has 4 atom stereocenters. The molecule has 1 nitrogen and oxygen atoms in total. The van der Waals surface area contributed by atoms with Crippen LogP contribution in [0.4, 0.5) is 4.39 Å². The highest BCUT2D eigenvalue weighted by molar-refractivity contribution is 7.80. The second-order valence-electron chi connectivity index (χ2n) is 7.28. The molecule has 0 bridgehead atoms. The summed E-state index contributed by atoms with van der Waals surface area (Å²) in [6.07, 6.45) is 5.34. The van der Waals surface area contributed by atoms with Gasteiger partial charge in [0.25, 0.3) is 0 Å². The van der Waals surface area contributed by atoms with Gasteiger partial charge in [0.1, 0.15) is 11.6 Å². The second kappa shape index (κ2) is 4.07. The minimum Gasteiger partial charge on any atom is -0.491 e. The van der Waals surface area contributed by atoms with Gasteiger partial charge in [0.2, 0.25) is 0 Å². The fraction of sp³-hybridized carbons (Fsp3) is 0.625. The van der Waals surface area contributed by atoms with Crippen LogP contribution in [0.15, 0.2) is 17.0 Å². The first-order valence-corrected chi connectivity index (χ1v) is 8.05. The molecule has 1 aromatic carbocycles. The highest BCUT2D eigenvalue weighted by Gasteiger charge is 2.73. The number of thiol groups is 1. The SMILES string of the molecule is CC1(COc2cc(F)c(S)cc2Cl)C[C@@H]2CC23C[C@@H]3C1. The van der Waals surface area contributed by atoms with Crippen molar-refractivity contribution in [2.45, 2.75) is 37.5 Å². The van der Waals surface area contributed by atoms with E-state index in [1.165, 1.54) is 37.8 Å². The summed E-state index contributed by atoms with van der Waals surface area (Å²) in [5.74, 6) is 1.89. The summed E-state index contributed by atoms with van der Waals surface area (Å²) in [6.45, 7) is 2.92. The maximum absolute atomic E-state index is 13.5. The van der Waals surface area contributed by atoms with Crippen LogP contribution in [0, 0.1) is 28.5 Å². The molecule has 0 radical (unpaired) electrons. The molecule has 4 heteroatoms. The zero-order chi connectivity index (χ0) is 14.1. The number of hydrogen-bond acceptors (Lipinski definition) is 2. The number of hydrogen-bond donors (Lipinski definition) is 1. The van der Waals surface area contributed by atoms with Crippen LogP contribution in [-0.2, 0) is 0 Å². The molecule has 0 heterocycles. The number of ether oxygens (including phenoxy) is 1. The lowest BCUT2D eigenvalue weighted by molar-refractivity contribution is 0.107. The van der Waals surface area contributed by atoms with Gasteiger partial charge in [0, 0.05) is 16.4 Å². The van der Waals surface area contributed by atoms with E-state index in [1.807, 2.05) is 0 Å². The van der Waals surface area contributed by atoms with Crippen LogP contribution in [-0.4, -0.2) is 6.61 Å². The summed E-state index contributed by atoms with van der Waals surface area (Å²) in [4.78, 5) is 0.256. The van der Waals surface area contributed by atoms with Crippen molar-refractivity contribution >= 4 is 24.2 Å². The number of halogens is 2. The topological polar surface area (TPSA) is 9.23 Å². The van der Waals surface area contributed by atoms with Crippen molar-refractivity contribution in [1.82, 2.24) is 0 Å². The van der Waals surface area contributed by atoms with Gasteiger partial charge in [0.05, 0.1) is 11.6 Å². The predicted molar refractivity (Wildman–Crippen MR) is 80.1 cm³/mol. The third kappa shape index (κ3) is 1.97. The molecule has 3 saturated carbocycles. The van der Waals surface area contributed by atoms with E-state index in [2.05, 4.69) is 19.6 Å². The Balaban J connectivity index is 1.46. The van der Waals surface area contributed by atoms with Crippen LogP contribution in [0.1, 0.15) is 32.6 Å². The van der Waals surface area contributed by atoms with Gasteiger partial charge in [0.15, 0.2) is 0 Å². The lowest BCUT2D eigenvalue weighted by Crippen LogP contribution is -2.29. The summed E-state index contributed by atoms with van der Waals surface area (Å²) < 4.78 is 19.4. The first-order chi connectivity index (χ1) is 9.42. The molecule has 0 aliphatic heterocycles. The minimum absolute atomic E-state index is 0.214. The van der Waals surface area contributed by atoms with E-state index < -0.39 is 0 Å². The fourth-order valence-electron chi connectivity index (χ4n) is 4.37. The average Bonchev–Trinajstić information content (AvgIpc) is 3.22. The average molecular weight is 313 g/mol. The fourth-order valence-corrected chi connectivity index (χ4v) is 4.86. The van der Waals surface area contributed by atoms with Gasteiger partial charge < -0.3 is 4.74 Å². The lowest BCUT2D eigenvalue weighted by atomic mass is 9.76. The van der Waals surface area contributed by atoms with E-state index in [9.17, 15) is 4.39 Å². The molecule has 0 N–H and O–H groups in total. The van der Waals surface area contributed by atoms with Gasteiger partial charge in [-0.25, -0.2) is 4.39 Å². The largest absolute Gasteiger partial charge is 0.491 e. The van der Waals surface area contributed by atoms with Gasteiger partial charge in [-0.1, -0.05) is 18.5 Å². The second-order valence-corrected chi connectivity index (χ2v) is 8.17. The van der Waals surface area contributed by atoms with Crippen LogP contribution in [0.25, 0.3) is 0 Å². The molecule has 0 saturated heterocycles. The predicted octanol–water partition coefficient (Wildman–Crippen LogP) is 4.97. The normalized spacial score (nSPS) is 40.8. The van der Waals surface area contributed by atoms with Crippen molar-refractivity contribution in [1.29, 1.82) is 0 Å². The summed E-state index contributed by atoms with van der Waals surface area (Å²) >= 11 is 10.1. The molecular formula is C16H18ClFOS. The molecule has 4 rings (SSSR count). The number of benzene rings is 1. The summed E-state index contributed by atoms with van der Waals surface area (Å²) in [6, 6.07) is 2.85. The third-order valence-corrected chi connectivity index (χ3v) is 6.25. The molecule has 3 aliphatic carbocycles. The van der Waals surface area contributed by atoms with Crippen LogP contribution >= 0.6 is 24.2 Å². The lowest BCUT2D eigenvalue weighted by Gasteiger charge is -2.33. The van der Waals surface area contributed by atoms with E-state index >= 15 is 0 Å². The Bertz CT molecular complexity index is 570. The first kappa shape index (κ1) is 13.3. The minimum atomic E-state index is -0.384.